The number of rotatable bonds is 5. The molecule has 1 aromatic rings. The molecule has 0 atom stereocenters. The van der Waals surface area contributed by atoms with Crippen molar-refractivity contribution in [3.63, 3.8) is 0 Å². The highest BCUT2D eigenvalue weighted by Crippen LogP contribution is 2.19. The zero-order chi connectivity index (χ0) is 10.4. The van der Waals surface area contributed by atoms with Crippen molar-refractivity contribution in [1.29, 1.82) is 0 Å². The van der Waals surface area contributed by atoms with Crippen LogP contribution < -0.4 is 10.1 Å². The molecule has 0 unspecified atom stereocenters. The van der Waals surface area contributed by atoms with Crippen molar-refractivity contribution in [3.8, 4) is 5.88 Å². The van der Waals surface area contributed by atoms with Gasteiger partial charge in [0, 0.05) is 6.54 Å². The molecule has 0 saturated heterocycles. The van der Waals surface area contributed by atoms with Gasteiger partial charge in [0.2, 0.25) is 5.88 Å². The van der Waals surface area contributed by atoms with Crippen molar-refractivity contribution >= 4 is 5.82 Å². The first-order valence-electron chi connectivity index (χ1n) is 4.58. The molecule has 78 valence electrons. The highest BCUT2D eigenvalue weighted by atomic mass is 16.5. The Balaban J connectivity index is 2.78. The van der Waals surface area contributed by atoms with Crippen molar-refractivity contribution in [2.24, 2.45) is 0 Å². The van der Waals surface area contributed by atoms with Crippen LogP contribution >= 0.6 is 0 Å². The smallest absolute Gasteiger partial charge is 0.221 e. The lowest BCUT2D eigenvalue weighted by Crippen LogP contribution is -2.09. The molecule has 1 heterocycles. The summed E-state index contributed by atoms with van der Waals surface area (Å²) >= 11 is 0. The molecular weight excluding hydrogens is 182 g/mol. The second kappa shape index (κ2) is 5.39. The minimum absolute atomic E-state index is 0.0768. The van der Waals surface area contributed by atoms with Gasteiger partial charge in [-0.2, -0.15) is 0 Å². The first kappa shape index (κ1) is 10.7. The summed E-state index contributed by atoms with van der Waals surface area (Å²) in [7, 11) is 0. The van der Waals surface area contributed by atoms with E-state index in [-0.39, 0.29) is 6.61 Å². The normalized spacial score (nSPS) is 9.93. The van der Waals surface area contributed by atoms with E-state index in [1.54, 1.807) is 0 Å². The first-order valence-corrected chi connectivity index (χ1v) is 4.58. The summed E-state index contributed by atoms with van der Waals surface area (Å²) in [4.78, 5) is 8.05. The second-order valence-electron chi connectivity index (χ2n) is 2.74. The van der Waals surface area contributed by atoms with Crippen LogP contribution in [0, 0.1) is 6.92 Å². The average Bonchev–Trinajstić information content (AvgIpc) is 2.20. The van der Waals surface area contributed by atoms with Crippen molar-refractivity contribution in [2.75, 3.05) is 25.1 Å². The van der Waals surface area contributed by atoms with Crippen LogP contribution in [0.2, 0.25) is 0 Å². The van der Waals surface area contributed by atoms with Gasteiger partial charge >= 0.3 is 0 Å². The quantitative estimate of drug-likeness (QED) is 0.723. The third-order valence-electron chi connectivity index (χ3n) is 1.72. The van der Waals surface area contributed by atoms with Gasteiger partial charge in [0.25, 0.3) is 0 Å². The van der Waals surface area contributed by atoms with Gasteiger partial charge in [-0.05, 0) is 13.8 Å². The van der Waals surface area contributed by atoms with E-state index in [0.717, 1.165) is 5.56 Å². The number of aromatic nitrogens is 2. The zero-order valence-corrected chi connectivity index (χ0v) is 8.45. The van der Waals surface area contributed by atoms with Crippen molar-refractivity contribution < 1.29 is 9.84 Å². The molecule has 0 bridgehead atoms. The monoisotopic (exact) mass is 197 g/mol. The minimum atomic E-state index is 0.0768. The molecule has 1 rings (SSSR count). The topological polar surface area (TPSA) is 67.3 Å². The summed E-state index contributed by atoms with van der Waals surface area (Å²) in [6, 6.07) is 0. The molecule has 0 radical (unpaired) electrons. The summed E-state index contributed by atoms with van der Waals surface area (Å²) < 4.78 is 5.30. The van der Waals surface area contributed by atoms with Gasteiger partial charge in [0.1, 0.15) is 12.1 Å². The molecule has 0 spiro atoms. The third kappa shape index (κ3) is 2.56. The summed E-state index contributed by atoms with van der Waals surface area (Å²) in [5.74, 6) is 1.29. The first-order chi connectivity index (χ1) is 6.79. The number of nitrogens with one attached hydrogen (secondary N) is 1. The molecular formula is C9H15N3O2. The molecule has 0 aliphatic rings. The summed E-state index contributed by atoms with van der Waals surface area (Å²) in [6.45, 7) is 4.92. The Morgan fingerprint density at radius 2 is 2.29 bits per heavy atom. The van der Waals surface area contributed by atoms with Crippen LogP contribution in [-0.2, 0) is 0 Å². The number of ether oxygens (including phenoxy) is 1. The van der Waals surface area contributed by atoms with Crippen LogP contribution in [0.4, 0.5) is 5.82 Å². The molecule has 2 N–H and O–H groups in total. The summed E-state index contributed by atoms with van der Waals surface area (Å²) in [6.07, 6.45) is 1.44. The molecule has 5 heteroatoms. The van der Waals surface area contributed by atoms with Crippen molar-refractivity contribution in [1.82, 2.24) is 9.97 Å². The largest absolute Gasteiger partial charge is 0.478 e. The third-order valence-corrected chi connectivity index (χ3v) is 1.72. The Kier molecular flexibility index (Phi) is 4.12. The number of hydrogen-bond acceptors (Lipinski definition) is 5. The Hall–Kier alpha value is -1.36. The molecule has 0 aromatic carbocycles. The Morgan fingerprint density at radius 1 is 1.50 bits per heavy atom. The maximum atomic E-state index is 8.65. The molecule has 14 heavy (non-hydrogen) atoms. The lowest BCUT2D eigenvalue weighted by atomic mass is 10.3. The lowest BCUT2D eigenvalue weighted by molar-refractivity contribution is 0.310. The lowest BCUT2D eigenvalue weighted by Gasteiger charge is -2.10. The van der Waals surface area contributed by atoms with Crippen LogP contribution in [0.3, 0.4) is 0 Å². The second-order valence-corrected chi connectivity index (χ2v) is 2.74. The van der Waals surface area contributed by atoms with Gasteiger partial charge in [-0.1, -0.05) is 0 Å². The highest BCUT2D eigenvalue weighted by molar-refractivity contribution is 5.47. The fourth-order valence-electron chi connectivity index (χ4n) is 1.07. The summed E-state index contributed by atoms with van der Waals surface area (Å²) in [5.41, 5.74) is 0.864. The number of anilines is 1. The molecule has 0 saturated carbocycles. The van der Waals surface area contributed by atoms with Gasteiger partial charge < -0.3 is 15.2 Å². The fourth-order valence-corrected chi connectivity index (χ4v) is 1.07. The van der Waals surface area contributed by atoms with E-state index in [1.807, 2.05) is 13.8 Å². The number of aliphatic hydroxyl groups excluding tert-OH is 1. The molecule has 1 aromatic heterocycles. The van der Waals surface area contributed by atoms with Crippen LogP contribution in [0.1, 0.15) is 12.5 Å². The standard InChI is InChI=1S/C9H15N3O2/c1-3-14-9-7(2)8(10-4-5-13)11-6-12-9/h6,13H,3-5H2,1-2H3,(H,10,11,12). The number of aliphatic hydroxyl groups is 1. The Bertz CT molecular complexity index is 291. The number of hydrogen-bond donors (Lipinski definition) is 2. The van der Waals surface area contributed by atoms with Crippen LogP contribution in [-0.4, -0.2) is 34.8 Å². The van der Waals surface area contributed by atoms with E-state index in [0.29, 0.717) is 24.8 Å². The predicted molar refractivity (Wildman–Crippen MR) is 53.5 cm³/mol. The van der Waals surface area contributed by atoms with Crippen LogP contribution in [0.25, 0.3) is 0 Å². The molecule has 0 aliphatic carbocycles. The molecule has 0 amide bonds. The van der Waals surface area contributed by atoms with E-state index in [4.69, 9.17) is 9.84 Å². The van der Waals surface area contributed by atoms with E-state index in [1.165, 1.54) is 6.33 Å². The van der Waals surface area contributed by atoms with E-state index in [2.05, 4.69) is 15.3 Å². The van der Waals surface area contributed by atoms with E-state index < -0.39 is 0 Å². The highest BCUT2D eigenvalue weighted by Gasteiger charge is 2.06. The minimum Gasteiger partial charge on any atom is -0.478 e. The molecule has 0 aliphatic heterocycles. The Labute approximate surface area is 83.2 Å². The SMILES string of the molecule is CCOc1ncnc(NCCO)c1C. The van der Waals surface area contributed by atoms with Gasteiger partial charge in [-0.3, -0.25) is 0 Å². The summed E-state index contributed by atoms with van der Waals surface area (Å²) in [5, 5.41) is 11.6. The van der Waals surface area contributed by atoms with Gasteiger partial charge in [-0.15, -0.1) is 0 Å². The van der Waals surface area contributed by atoms with E-state index in [9.17, 15) is 0 Å². The molecule has 0 fully saturated rings. The fraction of sp³-hybridized carbons (Fsp3) is 0.556. The maximum absolute atomic E-state index is 8.65. The zero-order valence-electron chi connectivity index (χ0n) is 8.45. The van der Waals surface area contributed by atoms with Gasteiger partial charge in [-0.25, -0.2) is 9.97 Å². The average molecular weight is 197 g/mol. The van der Waals surface area contributed by atoms with Crippen molar-refractivity contribution in [3.05, 3.63) is 11.9 Å². The Morgan fingerprint density at radius 3 is 2.93 bits per heavy atom. The van der Waals surface area contributed by atoms with Crippen molar-refractivity contribution in [2.45, 2.75) is 13.8 Å². The molecule has 5 nitrogen and oxygen atoms in total. The maximum Gasteiger partial charge on any atom is 0.221 e. The predicted octanol–water partition coefficient (Wildman–Crippen LogP) is 0.588. The van der Waals surface area contributed by atoms with Crippen LogP contribution in [0.5, 0.6) is 5.88 Å². The van der Waals surface area contributed by atoms with Crippen LogP contribution in [0.15, 0.2) is 6.33 Å². The van der Waals surface area contributed by atoms with Gasteiger partial charge in [0.15, 0.2) is 0 Å². The van der Waals surface area contributed by atoms with E-state index >= 15 is 0 Å². The van der Waals surface area contributed by atoms with Gasteiger partial charge in [0.05, 0.1) is 18.8 Å². The number of nitrogens with zero attached hydrogens (tertiary/aromatic N) is 2.